The topological polar surface area (TPSA) is 116 Å². The van der Waals surface area contributed by atoms with Crippen LogP contribution in [0.3, 0.4) is 0 Å². The Morgan fingerprint density at radius 1 is 1.12 bits per heavy atom. The fraction of sp³-hybridized carbons (Fsp3) is 0.192. The second-order valence-corrected chi connectivity index (χ2v) is 11.1. The second-order valence-electron chi connectivity index (χ2n) is 8.67. The minimum absolute atomic E-state index is 0.119. The average molecular weight is 637 g/mol. The number of aryl methyl sites for hydroxylation is 1. The fourth-order valence-electron chi connectivity index (χ4n) is 4.24. The number of ether oxygens (including phenoxy) is 1. The van der Waals surface area contributed by atoms with Crippen molar-refractivity contribution in [2.75, 3.05) is 11.8 Å². The van der Waals surface area contributed by atoms with Gasteiger partial charge in [-0.1, -0.05) is 25.1 Å². The van der Waals surface area contributed by atoms with Gasteiger partial charge < -0.3 is 13.7 Å². The quantitative estimate of drug-likeness (QED) is 0.209. The van der Waals surface area contributed by atoms with Crippen LogP contribution in [-0.2, 0) is 27.7 Å². The molecule has 3 heterocycles. The van der Waals surface area contributed by atoms with Gasteiger partial charge >= 0.3 is 21.5 Å². The van der Waals surface area contributed by atoms with Crippen LogP contribution >= 0.6 is 15.9 Å². The maximum absolute atomic E-state index is 13.0. The molecular formula is C26H20BrF3N4O5S. The van der Waals surface area contributed by atoms with Crippen LogP contribution in [0, 0.1) is 0 Å². The number of para-hydroxylation sites is 1. The lowest BCUT2D eigenvalue weighted by Crippen LogP contribution is -2.30. The molecule has 1 N–H and O–H groups in total. The van der Waals surface area contributed by atoms with Crippen molar-refractivity contribution in [1.82, 2.24) is 14.5 Å². The number of carbonyl (C=O) groups is 1. The van der Waals surface area contributed by atoms with Crippen molar-refractivity contribution in [3.8, 4) is 11.3 Å². The molecule has 0 saturated heterocycles. The maximum atomic E-state index is 13.0. The zero-order valence-corrected chi connectivity index (χ0v) is 23.3. The van der Waals surface area contributed by atoms with E-state index in [1.54, 1.807) is 29.0 Å². The molecule has 0 atom stereocenters. The number of esters is 1. The zero-order valence-electron chi connectivity index (χ0n) is 20.9. The van der Waals surface area contributed by atoms with E-state index in [0.717, 1.165) is 11.4 Å². The third-order valence-electron chi connectivity index (χ3n) is 6.14. The predicted octanol–water partition coefficient (Wildman–Crippen LogP) is 6.27. The number of rotatable bonds is 7. The van der Waals surface area contributed by atoms with Gasteiger partial charge in [-0.25, -0.2) is 14.8 Å². The Morgan fingerprint density at radius 2 is 1.88 bits per heavy atom. The molecule has 0 aliphatic carbocycles. The fourth-order valence-corrected chi connectivity index (χ4v) is 5.43. The van der Waals surface area contributed by atoms with Crippen molar-refractivity contribution in [3.63, 3.8) is 0 Å². The third-order valence-corrected chi connectivity index (χ3v) is 8.02. The summed E-state index contributed by atoms with van der Waals surface area (Å²) in [6.45, 7) is 2.30. The van der Waals surface area contributed by atoms with E-state index in [9.17, 15) is 26.4 Å². The molecule has 0 amide bonds. The second kappa shape index (κ2) is 10.2. The summed E-state index contributed by atoms with van der Waals surface area (Å²) in [6, 6.07) is 14.2. The minimum atomic E-state index is -5.65. The van der Waals surface area contributed by atoms with Crippen molar-refractivity contribution >= 4 is 59.7 Å². The Bertz CT molecular complexity index is 1880. The van der Waals surface area contributed by atoms with E-state index in [4.69, 9.17) is 9.15 Å². The zero-order chi connectivity index (χ0) is 28.8. The van der Waals surface area contributed by atoms with Crippen LogP contribution in [0.2, 0.25) is 0 Å². The lowest BCUT2D eigenvalue weighted by molar-refractivity contribution is -0.0429. The van der Waals surface area contributed by atoms with E-state index in [0.29, 0.717) is 39.6 Å². The molecule has 9 nitrogen and oxygen atoms in total. The molecule has 208 valence electrons. The van der Waals surface area contributed by atoms with Crippen molar-refractivity contribution in [3.05, 3.63) is 76.2 Å². The monoisotopic (exact) mass is 636 g/mol. The highest BCUT2D eigenvalue weighted by molar-refractivity contribution is 9.10. The third kappa shape index (κ3) is 4.92. The van der Waals surface area contributed by atoms with Gasteiger partial charge in [0.15, 0.2) is 17.1 Å². The number of anilines is 1. The van der Waals surface area contributed by atoms with Crippen LogP contribution in [0.4, 0.5) is 18.9 Å². The van der Waals surface area contributed by atoms with Gasteiger partial charge in [-0.2, -0.15) is 21.6 Å². The first kappa shape index (κ1) is 27.6. The highest BCUT2D eigenvalue weighted by Gasteiger charge is 2.46. The molecule has 5 rings (SSSR count). The highest BCUT2D eigenvalue weighted by atomic mass is 79.9. The molecule has 0 aliphatic rings. The number of halogens is 4. The number of benzene rings is 2. The molecule has 0 bridgehead atoms. The summed E-state index contributed by atoms with van der Waals surface area (Å²) >= 11 is 3.48. The molecule has 5 aromatic rings. The van der Waals surface area contributed by atoms with E-state index in [1.165, 1.54) is 25.3 Å². The van der Waals surface area contributed by atoms with Crippen molar-refractivity contribution < 1.29 is 35.5 Å². The van der Waals surface area contributed by atoms with E-state index in [-0.39, 0.29) is 22.7 Å². The van der Waals surface area contributed by atoms with Crippen LogP contribution in [0.1, 0.15) is 28.8 Å². The molecule has 0 spiro atoms. The molecule has 2 aromatic carbocycles. The molecule has 0 fully saturated rings. The summed E-state index contributed by atoms with van der Waals surface area (Å²) in [5.41, 5.74) is -3.12. The molecule has 0 radical (unpaired) electrons. The largest absolute Gasteiger partial charge is 0.516 e. The first-order chi connectivity index (χ1) is 18.9. The number of pyridine rings is 1. The Balaban J connectivity index is 1.55. The number of sulfonamides is 1. The first-order valence-corrected chi connectivity index (χ1v) is 14.0. The van der Waals surface area contributed by atoms with Crippen LogP contribution < -0.4 is 4.72 Å². The van der Waals surface area contributed by atoms with E-state index >= 15 is 0 Å². The number of imidazole rings is 1. The van der Waals surface area contributed by atoms with Gasteiger partial charge in [0.05, 0.1) is 23.8 Å². The summed E-state index contributed by atoms with van der Waals surface area (Å²) < 4.78 is 77.2. The lowest BCUT2D eigenvalue weighted by Gasteiger charge is -2.13. The number of nitrogens with zero attached hydrogens (tertiary/aromatic N) is 3. The van der Waals surface area contributed by atoms with Gasteiger partial charge in [-0.15, -0.1) is 0 Å². The van der Waals surface area contributed by atoms with E-state index in [2.05, 4.69) is 25.9 Å². The number of fused-ring (bicyclic) bond motifs is 2. The van der Waals surface area contributed by atoms with Crippen molar-refractivity contribution in [2.45, 2.75) is 25.4 Å². The molecular weight excluding hydrogens is 617 g/mol. The molecule has 40 heavy (non-hydrogen) atoms. The summed E-state index contributed by atoms with van der Waals surface area (Å²) in [7, 11) is -4.37. The number of nitrogens with one attached hydrogen (secondary N) is 1. The Hall–Kier alpha value is -3.91. The van der Waals surface area contributed by atoms with Gasteiger partial charge in [-0.05, 0) is 57.9 Å². The molecule has 0 unspecified atom stereocenters. The van der Waals surface area contributed by atoms with Gasteiger partial charge in [0.2, 0.25) is 0 Å². The SMILES string of the molecule is CCc1nc2ccc(C(=O)OC)nc2n1Cc1ccc2oc(-c3ccccc3NS(=O)(=O)C(F)(F)F)c(Br)c2c1. The lowest BCUT2D eigenvalue weighted by atomic mass is 10.1. The van der Waals surface area contributed by atoms with Crippen molar-refractivity contribution in [2.24, 2.45) is 0 Å². The number of hydrogen-bond acceptors (Lipinski definition) is 7. The van der Waals surface area contributed by atoms with Gasteiger partial charge in [-0.3, -0.25) is 4.72 Å². The highest BCUT2D eigenvalue weighted by Crippen LogP contribution is 2.42. The van der Waals surface area contributed by atoms with Gasteiger partial charge in [0.1, 0.15) is 16.9 Å². The number of methoxy groups -OCH3 is 1. The van der Waals surface area contributed by atoms with Gasteiger partial charge in [0.25, 0.3) is 0 Å². The average Bonchev–Trinajstić information content (AvgIpc) is 3.44. The molecule has 3 aromatic heterocycles. The van der Waals surface area contributed by atoms with E-state index in [1.807, 2.05) is 23.6 Å². The van der Waals surface area contributed by atoms with Crippen LogP contribution in [-0.4, -0.2) is 41.5 Å². The predicted molar refractivity (Wildman–Crippen MR) is 145 cm³/mol. The standard InChI is InChI=1S/C26H20BrF3N4O5S/c1-3-21-31-18-9-10-19(25(35)38-2)32-24(18)34(21)13-14-8-11-20-16(12-14)22(27)23(39-20)15-6-4-5-7-17(15)33-40(36,37)26(28,29)30/h4-12,33H,3,13H2,1-2H3. The summed E-state index contributed by atoms with van der Waals surface area (Å²) in [6.07, 6.45) is 0.607. The smallest absolute Gasteiger partial charge is 0.464 e. The minimum Gasteiger partial charge on any atom is -0.464 e. The number of furan rings is 1. The van der Waals surface area contributed by atoms with Crippen LogP contribution in [0.5, 0.6) is 0 Å². The number of aromatic nitrogens is 3. The molecule has 0 saturated carbocycles. The maximum Gasteiger partial charge on any atom is 0.516 e. The summed E-state index contributed by atoms with van der Waals surface area (Å²) in [5.74, 6) is 0.337. The first-order valence-electron chi connectivity index (χ1n) is 11.8. The normalized spacial score (nSPS) is 12.2. The Labute approximate surface area is 234 Å². The number of hydrogen-bond donors (Lipinski definition) is 1. The van der Waals surface area contributed by atoms with Gasteiger partial charge in [0, 0.05) is 17.4 Å². The number of carbonyl (C=O) groups excluding carboxylic acids is 1. The number of alkyl halides is 3. The van der Waals surface area contributed by atoms with Crippen LogP contribution in [0.15, 0.2) is 63.5 Å². The Kier molecular flexibility index (Phi) is 7.08. The summed E-state index contributed by atoms with van der Waals surface area (Å²) in [5, 5.41) is 0.617. The molecule has 14 heteroatoms. The summed E-state index contributed by atoms with van der Waals surface area (Å²) in [4.78, 5) is 21.1. The van der Waals surface area contributed by atoms with Crippen LogP contribution in [0.25, 0.3) is 33.5 Å². The Morgan fingerprint density at radius 3 is 2.58 bits per heavy atom. The van der Waals surface area contributed by atoms with E-state index < -0.39 is 21.5 Å². The van der Waals surface area contributed by atoms with Crippen molar-refractivity contribution in [1.29, 1.82) is 0 Å². The molecule has 0 aliphatic heterocycles.